The highest BCUT2D eigenvalue weighted by Crippen LogP contribution is 2.17. The molecule has 0 bridgehead atoms. The lowest BCUT2D eigenvalue weighted by molar-refractivity contribution is 0.132. The Bertz CT molecular complexity index is 368. The van der Waals surface area contributed by atoms with Crippen LogP contribution in [-0.4, -0.2) is 42.5 Å². The molecule has 0 aromatic heterocycles. The van der Waals surface area contributed by atoms with Gasteiger partial charge in [-0.2, -0.15) is 0 Å². The second-order valence-electron chi connectivity index (χ2n) is 4.91. The molecule has 1 aliphatic rings. The van der Waals surface area contributed by atoms with Crippen LogP contribution in [0.3, 0.4) is 0 Å². The molecule has 1 saturated heterocycles. The van der Waals surface area contributed by atoms with Gasteiger partial charge in [0.05, 0.1) is 0 Å². The zero-order valence-electron chi connectivity index (χ0n) is 10.9. The fraction of sp³-hybridized carbons (Fsp3) is 0.571. The molecule has 0 amide bonds. The average molecular weight is 233 g/mol. The van der Waals surface area contributed by atoms with Gasteiger partial charge in [-0.15, -0.1) is 0 Å². The van der Waals surface area contributed by atoms with Gasteiger partial charge in [0, 0.05) is 38.4 Å². The summed E-state index contributed by atoms with van der Waals surface area (Å²) in [7, 11) is 0. The Morgan fingerprint density at radius 2 is 1.76 bits per heavy atom. The molecule has 1 heterocycles. The van der Waals surface area contributed by atoms with Crippen LogP contribution in [0.25, 0.3) is 0 Å². The first kappa shape index (κ1) is 12.4. The maximum absolute atomic E-state index is 6.02. The minimum atomic E-state index is 0.925. The Balaban J connectivity index is 1.95. The van der Waals surface area contributed by atoms with E-state index in [9.17, 15) is 0 Å². The van der Waals surface area contributed by atoms with Crippen molar-refractivity contribution in [1.29, 1.82) is 0 Å². The molecule has 0 unspecified atom stereocenters. The van der Waals surface area contributed by atoms with E-state index in [-0.39, 0.29) is 0 Å². The van der Waals surface area contributed by atoms with E-state index < -0.39 is 0 Å². The van der Waals surface area contributed by atoms with E-state index in [1.165, 1.54) is 30.8 Å². The summed E-state index contributed by atoms with van der Waals surface area (Å²) < 4.78 is 0. The monoisotopic (exact) mass is 233 g/mol. The van der Waals surface area contributed by atoms with Crippen LogP contribution in [0.1, 0.15) is 18.1 Å². The topological polar surface area (TPSA) is 32.5 Å². The molecule has 17 heavy (non-hydrogen) atoms. The van der Waals surface area contributed by atoms with E-state index >= 15 is 0 Å². The minimum absolute atomic E-state index is 0.925. The van der Waals surface area contributed by atoms with Crippen molar-refractivity contribution in [3.63, 3.8) is 0 Å². The third kappa shape index (κ3) is 3.20. The summed E-state index contributed by atoms with van der Waals surface area (Å²) in [6.45, 7) is 11.2. The molecule has 2 N–H and O–H groups in total. The van der Waals surface area contributed by atoms with Crippen LogP contribution >= 0.6 is 0 Å². The van der Waals surface area contributed by atoms with Gasteiger partial charge in [-0.1, -0.05) is 24.6 Å². The number of aryl methyl sites for hydroxylation is 1. The number of nitrogens with two attached hydrogens (primary N) is 1. The SMILES string of the molecule is CCN1CCN(Cc2cc(C)ccc2N)CC1. The normalized spacial score (nSPS) is 18.5. The van der Waals surface area contributed by atoms with Crippen molar-refractivity contribution in [2.45, 2.75) is 20.4 Å². The van der Waals surface area contributed by atoms with Gasteiger partial charge in [0.15, 0.2) is 0 Å². The van der Waals surface area contributed by atoms with Crippen LogP contribution in [0.4, 0.5) is 5.69 Å². The van der Waals surface area contributed by atoms with Crippen LogP contribution in [0.5, 0.6) is 0 Å². The lowest BCUT2D eigenvalue weighted by Gasteiger charge is -2.34. The van der Waals surface area contributed by atoms with E-state index in [1.54, 1.807) is 0 Å². The first-order chi connectivity index (χ1) is 8.19. The van der Waals surface area contributed by atoms with E-state index in [0.717, 1.165) is 25.3 Å². The van der Waals surface area contributed by atoms with Crippen LogP contribution in [-0.2, 0) is 6.54 Å². The molecule has 1 aromatic carbocycles. The second kappa shape index (κ2) is 5.52. The van der Waals surface area contributed by atoms with Crippen molar-refractivity contribution in [2.24, 2.45) is 0 Å². The maximum atomic E-state index is 6.02. The molecule has 1 aromatic rings. The average Bonchev–Trinajstić information content (AvgIpc) is 2.35. The fourth-order valence-corrected chi connectivity index (χ4v) is 2.38. The van der Waals surface area contributed by atoms with Gasteiger partial charge in [0.1, 0.15) is 0 Å². The van der Waals surface area contributed by atoms with E-state index in [4.69, 9.17) is 5.73 Å². The van der Waals surface area contributed by atoms with Crippen molar-refractivity contribution in [1.82, 2.24) is 9.80 Å². The number of hydrogen-bond donors (Lipinski definition) is 1. The molecule has 94 valence electrons. The molecular weight excluding hydrogens is 210 g/mol. The standard InChI is InChI=1S/C14H23N3/c1-3-16-6-8-17(9-7-16)11-13-10-12(2)4-5-14(13)15/h4-5,10H,3,6-9,11,15H2,1-2H3. The number of nitrogen functional groups attached to an aromatic ring is 1. The first-order valence-corrected chi connectivity index (χ1v) is 6.48. The van der Waals surface area contributed by atoms with Crippen LogP contribution in [0.2, 0.25) is 0 Å². The highest BCUT2D eigenvalue weighted by molar-refractivity contribution is 5.48. The molecule has 0 atom stereocenters. The summed E-state index contributed by atoms with van der Waals surface area (Å²) in [5.41, 5.74) is 9.51. The van der Waals surface area contributed by atoms with Crippen molar-refractivity contribution in [2.75, 3.05) is 38.5 Å². The van der Waals surface area contributed by atoms with E-state index in [0.29, 0.717) is 0 Å². The van der Waals surface area contributed by atoms with E-state index in [2.05, 4.69) is 35.8 Å². The van der Waals surface area contributed by atoms with Gasteiger partial charge >= 0.3 is 0 Å². The molecule has 0 saturated carbocycles. The second-order valence-corrected chi connectivity index (χ2v) is 4.91. The van der Waals surface area contributed by atoms with Gasteiger partial charge < -0.3 is 10.6 Å². The number of likely N-dealkylation sites (N-methyl/N-ethyl adjacent to an activating group) is 1. The summed E-state index contributed by atoms with van der Waals surface area (Å²) in [5.74, 6) is 0. The Kier molecular flexibility index (Phi) is 4.02. The Morgan fingerprint density at radius 1 is 1.12 bits per heavy atom. The molecule has 3 nitrogen and oxygen atoms in total. The fourth-order valence-electron chi connectivity index (χ4n) is 2.38. The third-order valence-electron chi connectivity index (χ3n) is 3.60. The Morgan fingerprint density at radius 3 is 2.41 bits per heavy atom. The van der Waals surface area contributed by atoms with Gasteiger partial charge in [0.2, 0.25) is 0 Å². The molecule has 0 radical (unpaired) electrons. The lowest BCUT2D eigenvalue weighted by atomic mass is 10.1. The van der Waals surface area contributed by atoms with Gasteiger partial charge in [-0.05, 0) is 25.1 Å². The molecule has 2 rings (SSSR count). The van der Waals surface area contributed by atoms with Crippen molar-refractivity contribution >= 4 is 5.69 Å². The van der Waals surface area contributed by atoms with Crippen LogP contribution < -0.4 is 5.73 Å². The summed E-state index contributed by atoms with van der Waals surface area (Å²) in [5, 5.41) is 0. The number of piperazine rings is 1. The van der Waals surface area contributed by atoms with Crippen molar-refractivity contribution in [3.8, 4) is 0 Å². The zero-order chi connectivity index (χ0) is 12.3. The third-order valence-corrected chi connectivity index (χ3v) is 3.60. The van der Waals surface area contributed by atoms with E-state index in [1.807, 2.05) is 6.07 Å². The molecule has 0 aliphatic carbocycles. The summed E-state index contributed by atoms with van der Waals surface area (Å²) in [6, 6.07) is 6.31. The minimum Gasteiger partial charge on any atom is -0.398 e. The largest absolute Gasteiger partial charge is 0.398 e. The predicted molar refractivity (Wildman–Crippen MR) is 73.0 cm³/mol. The molecule has 0 spiro atoms. The molecule has 1 fully saturated rings. The summed E-state index contributed by atoms with van der Waals surface area (Å²) in [4.78, 5) is 4.99. The predicted octanol–water partition coefficient (Wildman–Crippen LogP) is 1.71. The lowest BCUT2D eigenvalue weighted by Crippen LogP contribution is -2.45. The van der Waals surface area contributed by atoms with Crippen LogP contribution in [0, 0.1) is 6.92 Å². The van der Waals surface area contributed by atoms with Crippen LogP contribution in [0.15, 0.2) is 18.2 Å². The maximum Gasteiger partial charge on any atom is 0.0359 e. The number of benzene rings is 1. The molecule has 1 aliphatic heterocycles. The Hall–Kier alpha value is -1.06. The summed E-state index contributed by atoms with van der Waals surface area (Å²) >= 11 is 0. The zero-order valence-corrected chi connectivity index (χ0v) is 10.9. The molecular formula is C14H23N3. The Labute approximate surface area is 104 Å². The van der Waals surface area contributed by atoms with Gasteiger partial charge in [-0.3, -0.25) is 4.90 Å². The highest BCUT2D eigenvalue weighted by atomic mass is 15.3. The van der Waals surface area contributed by atoms with Gasteiger partial charge in [0.25, 0.3) is 0 Å². The van der Waals surface area contributed by atoms with Crippen molar-refractivity contribution < 1.29 is 0 Å². The number of anilines is 1. The number of hydrogen-bond acceptors (Lipinski definition) is 3. The van der Waals surface area contributed by atoms with Gasteiger partial charge in [-0.25, -0.2) is 0 Å². The smallest absolute Gasteiger partial charge is 0.0359 e. The number of nitrogens with zero attached hydrogens (tertiary/aromatic N) is 2. The van der Waals surface area contributed by atoms with Crippen molar-refractivity contribution in [3.05, 3.63) is 29.3 Å². The summed E-state index contributed by atoms with van der Waals surface area (Å²) in [6.07, 6.45) is 0. The highest BCUT2D eigenvalue weighted by Gasteiger charge is 2.16. The quantitative estimate of drug-likeness (QED) is 0.807. The first-order valence-electron chi connectivity index (χ1n) is 6.48. The number of rotatable bonds is 3. The molecule has 3 heteroatoms.